The molecule has 0 saturated heterocycles. The summed E-state index contributed by atoms with van der Waals surface area (Å²) in [6.07, 6.45) is -1.41. The second-order valence-electron chi connectivity index (χ2n) is 1.54. The summed E-state index contributed by atoms with van der Waals surface area (Å²) in [5.74, 6) is 3.09. The molecule has 0 radical (unpaired) electrons. The number of rotatable bonds is 5. The first-order chi connectivity index (χ1) is 5.13. The highest BCUT2D eigenvalue weighted by molar-refractivity contribution is 5.75. The molecule has 6 nitrogen and oxygen atoms in total. The zero-order chi connectivity index (χ0) is 8.85. The van der Waals surface area contributed by atoms with Gasteiger partial charge in [-0.05, 0) is 0 Å². The van der Waals surface area contributed by atoms with Crippen molar-refractivity contribution in [3.63, 3.8) is 0 Å². The van der Waals surface area contributed by atoms with Gasteiger partial charge in [-0.1, -0.05) is 6.58 Å². The number of aliphatic carboxylic acids is 1. The highest BCUT2D eigenvalue weighted by atomic mass is 16.7. The molecule has 0 saturated carbocycles. The summed E-state index contributed by atoms with van der Waals surface area (Å²) in [7, 11) is 0. The molecule has 0 heterocycles. The fourth-order valence-corrected chi connectivity index (χ4v) is 0.378. The standard InChI is InChI=1S/C5H8N2O4/c1-3(10-6)4(5(8)9)11-7-2/h4H,1-2,6H2,(H,8,9)/t4-/m1/s1. The van der Waals surface area contributed by atoms with Gasteiger partial charge in [0.05, 0.1) is 0 Å². The maximum atomic E-state index is 10.3. The average Bonchev–Trinajstić information content (AvgIpc) is 1.98. The molecule has 62 valence electrons. The summed E-state index contributed by atoms with van der Waals surface area (Å²) in [5.41, 5.74) is 0. The van der Waals surface area contributed by atoms with Gasteiger partial charge in [0.25, 0.3) is 6.10 Å². The summed E-state index contributed by atoms with van der Waals surface area (Å²) < 4.78 is 0. The summed E-state index contributed by atoms with van der Waals surface area (Å²) in [6.45, 7) is 6.10. The van der Waals surface area contributed by atoms with Crippen LogP contribution < -0.4 is 5.90 Å². The van der Waals surface area contributed by atoms with Gasteiger partial charge < -0.3 is 14.8 Å². The van der Waals surface area contributed by atoms with E-state index in [4.69, 9.17) is 5.11 Å². The number of nitrogens with zero attached hydrogens (tertiary/aromatic N) is 1. The number of carboxylic acid groups (broad SMARTS) is 1. The minimum atomic E-state index is -1.41. The van der Waals surface area contributed by atoms with Crippen LogP contribution in [-0.2, 0) is 14.5 Å². The van der Waals surface area contributed by atoms with Crippen molar-refractivity contribution in [3.8, 4) is 0 Å². The number of hydrogen-bond donors (Lipinski definition) is 2. The zero-order valence-corrected chi connectivity index (χ0v) is 5.69. The Hall–Kier alpha value is -1.56. The quantitative estimate of drug-likeness (QED) is 0.320. The SMILES string of the molecule is C=NO[C@H](C(=C)ON)C(=O)O. The lowest BCUT2D eigenvalue weighted by atomic mass is 10.3. The predicted molar refractivity (Wildman–Crippen MR) is 36.5 cm³/mol. The van der Waals surface area contributed by atoms with Crippen molar-refractivity contribution in [1.29, 1.82) is 0 Å². The van der Waals surface area contributed by atoms with E-state index >= 15 is 0 Å². The van der Waals surface area contributed by atoms with Crippen LogP contribution in [-0.4, -0.2) is 23.9 Å². The Morgan fingerprint density at radius 1 is 1.73 bits per heavy atom. The van der Waals surface area contributed by atoms with Gasteiger partial charge in [0.1, 0.15) is 0 Å². The lowest BCUT2D eigenvalue weighted by Gasteiger charge is -2.09. The largest absolute Gasteiger partial charge is 0.478 e. The highest BCUT2D eigenvalue weighted by Gasteiger charge is 2.24. The van der Waals surface area contributed by atoms with Crippen molar-refractivity contribution in [2.45, 2.75) is 6.10 Å². The van der Waals surface area contributed by atoms with Crippen LogP contribution in [0.4, 0.5) is 0 Å². The summed E-state index contributed by atoms with van der Waals surface area (Å²) in [5, 5.41) is 11.3. The predicted octanol–water partition coefficient (Wildman–Crippen LogP) is -0.524. The monoisotopic (exact) mass is 160 g/mol. The third kappa shape index (κ3) is 2.67. The van der Waals surface area contributed by atoms with Gasteiger partial charge in [0.2, 0.25) is 0 Å². The second kappa shape index (κ2) is 4.29. The molecule has 0 fully saturated rings. The summed E-state index contributed by atoms with van der Waals surface area (Å²) in [6, 6.07) is 0. The first-order valence-corrected chi connectivity index (χ1v) is 2.53. The van der Waals surface area contributed by atoms with Gasteiger partial charge in [0, 0.05) is 6.72 Å². The van der Waals surface area contributed by atoms with Crippen molar-refractivity contribution in [3.05, 3.63) is 12.3 Å². The smallest absolute Gasteiger partial charge is 0.355 e. The molecule has 0 spiro atoms. The van der Waals surface area contributed by atoms with E-state index in [1.807, 2.05) is 0 Å². The number of carboxylic acids is 1. The van der Waals surface area contributed by atoms with Crippen LogP contribution in [0.1, 0.15) is 0 Å². The van der Waals surface area contributed by atoms with E-state index in [-0.39, 0.29) is 5.76 Å². The van der Waals surface area contributed by atoms with Crippen molar-refractivity contribution in [2.24, 2.45) is 11.1 Å². The summed E-state index contributed by atoms with van der Waals surface area (Å²) >= 11 is 0. The van der Waals surface area contributed by atoms with E-state index in [2.05, 4.69) is 34.0 Å². The van der Waals surface area contributed by atoms with Gasteiger partial charge >= 0.3 is 5.97 Å². The third-order valence-corrected chi connectivity index (χ3v) is 0.848. The minimum absolute atomic E-state index is 0.245. The highest BCUT2D eigenvalue weighted by Crippen LogP contribution is 2.04. The maximum Gasteiger partial charge on any atom is 0.355 e. The van der Waals surface area contributed by atoms with Gasteiger partial charge in [-0.3, -0.25) is 0 Å². The van der Waals surface area contributed by atoms with Gasteiger partial charge in [0.15, 0.2) is 5.76 Å². The molecule has 0 aromatic heterocycles. The topological polar surface area (TPSA) is 94.1 Å². The molecule has 0 aliphatic rings. The van der Waals surface area contributed by atoms with Crippen LogP contribution in [0.15, 0.2) is 17.5 Å². The van der Waals surface area contributed by atoms with E-state index in [9.17, 15) is 4.79 Å². The molecule has 0 bridgehead atoms. The van der Waals surface area contributed by atoms with Crippen LogP contribution in [0.25, 0.3) is 0 Å². The second-order valence-corrected chi connectivity index (χ2v) is 1.54. The van der Waals surface area contributed by atoms with E-state index in [1.165, 1.54) is 0 Å². The van der Waals surface area contributed by atoms with Crippen molar-refractivity contribution < 1.29 is 19.6 Å². The van der Waals surface area contributed by atoms with Crippen LogP contribution in [0.3, 0.4) is 0 Å². The van der Waals surface area contributed by atoms with E-state index < -0.39 is 12.1 Å². The zero-order valence-electron chi connectivity index (χ0n) is 5.69. The molecule has 0 rings (SSSR count). The van der Waals surface area contributed by atoms with Gasteiger partial charge in [-0.15, -0.1) is 5.16 Å². The molecule has 3 N–H and O–H groups in total. The van der Waals surface area contributed by atoms with Crippen LogP contribution >= 0.6 is 0 Å². The molecule has 0 aromatic rings. The molecule has 0 aromatic carbocycles. The normalized spacial score (nSPS) is 11.4. The Balaban J connectivity index is 4.20. The van der Waals surface area contributed by atoms with E-state index in [1.54, 1.807) is 0 Å². The minimum Gasteiger partial charge on any atom is -0.478 e. The molecule has 1 atom stereocenters. The fourth-order valence-electron chi connectivity index (χ4n) is 0.378. The molecule has 0 unspecified atom stereocenters. The molecular formula is C5H8N2O4. The van der Waals surface area contributed by atoms with Gasteiger partial charge in [-0.25, -0.2) is 4.79 Å². The van der Waals surface area contributed by atoms with Crippen LogP contribution in [0.2, 0.25) is 0 Å². The van der Waals surface area contributed by atoms with Crippen molar-refractivity contribution in [1.82, 2.24) is 0 Å². The number of oxime groups is 1. The first-order valence-electron chi connectivity index (χ1n) is 2.53. The van der Waals surface area contributed by atoms with E-state index in [0.717, 1.165) is 0 Å². The van der Waals surface area contributed by atoms with Crippen molar-refractivity contribution >= 4 is 12.7 Å². The maximum absolute atomic E-state index is 10.3. The van der Waals surface area contributed by atoms with Gasteiger partial charge in [-0.2, -0.15) is 5.90 Å². The Labute approximate surface area is 62.8 Å². The summed E-state index contributed by atoms with van der Waals surface area (Å²) in [4.78, 5) is 18.6. The Morgan fingerprint density at radius 2 is 2.27 bits per heavy atom. The molecule has 6 heteroatoms. The van der Waals surface area contributed by atoms with Crippen molar-refractivity contribution in [2.75, 3.05) is 0 Å². The lowest BCUT2D eigenvalue weighted by Crippen LogP contribution is -2.26. The number of hydrogen-bond acceptors (Lipinski definition) is 5. The Kier molecular flexibility index (Phi) is 3.68. The molecule has 0 amide bonds. The average molecular weight is 160 g/mol. The van der Waals surface area contributed by atoms with Crippen LogP contribution in [0.5, 0.6) is 0 Å². The third-order valence-electron chi connectivity index (χ3n) is 0.848. The van der Waals surface area contributed by atoms with E-state index in [0.29, 0.717) is 0 Å². The lowest BCUT2D eigenvalue weighted by molar-refractivity contribution is -0.150. The van der Waals surface area contributed by atoms with Crippen LogP contribution in [0, 0.1) is 0 Å². The molecule has 11 heavy (non-hydrogen) atoms. The Bertz CT molecular complexity index is 179. The number of carbonyl (C=O) groups is 1. The first kappa shape index (κ1) is 9.44. The Morgan fingerprint density at radius 3 is 2.55 bits per heavy atom. The molecular weight excluding hydrogens is 152 g/mol. The fraction of sp³-hybridized carbons (Fsp3) is 0.200. The number of nitrogens with two attached hydrogens (primary N) is 1. The molecule has 0 aliphatic heterocycles. The molecule has 0 aliphatic carbocycles.